The predicted molar refractivity (Wildman–Crippen MR) is 50.6 cm³/mol. The summed E-state index contributed by atoms with van der Waals surface area (Å²) in [7, 11) is 1.33. The van der Waals surface area contributed by atoms with E-state index >= 15 is 0 Å². The van der Waals surface area contributed by atoms with Crippen LogP contribution in [0, 0.1) is 0 Å². The van der Waals surface area contributed by atoms with Crippen molar-refractivity contribution in [2.45, 2.75) is 6.42 Å². The van der Waals surface area contributed by atoms with Crippen molar-refractivity contribution in [1.82, 2.24) is 10.4 Å². The molecule has 2 heterocycles. The van der Waals surface area contributed by atoms with Crippen molar-refractivity contribution < 1.29 is 19.5 Å². The summed E-state index contributed by atoms with van der Waals surface area (Å²) in [4.78, 5) is 17.9. The average Bonchev–Trinajstić information content (AvgIpc) is 2.50. The Morgan fingerprint density at radius 1 is 1.73 bits per heavy atom. The molecule has 0 aromatic carbocycles. The van der Waals surface area contributed by atoms with Gasteiger partial charge in [0.2, 0.25) is 5.88 Å². The first-order valence-electron chi connectivity index (χ1n) is 4.60. The van der Waals surface area contributed by atoms with E-state index in [4.69, 9.17) is 4.84 Å². The summed E-state index contributed by atoms with van der Waals surface area (Å²) < 4.78 is 4.63. The number of aliphatic hydroxyl groups excluding tert-OH is 1. The third kappa shape index (κ3) is 1.70. The van der Waals surface area contributed by atoms with Crippen LogP contribution in [0.1, 0.15) is 6.42 Å². The van der Waals surface area contributed by atoms with Crippen LogP contribution in [0.2, 0.25) is 0 Å². The second-order valence-corrected chi connectivity index (χ2v) is 3.28. The summed E-state index contributed by atoms with van der Waals surface area (Å²) in [6, 6.07) is 0. The van der Waals surface area contributed by atoms with E-state index in [1.165, 1.54) is 12.0 Å². The molecule has 0 fully saturated rings. The molecule has 1 amide bonds. The van der Waals surface area contributed by atoms with Crippen molar-refractivity contribution >= 4 is 6.09 Å². The highest BCUT2D eigenvalue weighted by atomic mass is 16.7. The summed E-state index contributed by atoms with van der Waals surface area (Å²) in [5.41, 5.74) is 2.94. The largest absolute Gasteiger partial charge is 0.493 e. The molecule has 0 atom stereocenters. The van der Waals surface area contributed by atoms with Crippen LogP contribution in [-0.2, 0) is 9.57 Å². The van der Waals surface area contributed by atoms with Gasteiger partial charge in [0, 0.05) is 6.54 Å². The molecule has 0 unspecified atom stereocenters. The maximum atomic E-state index is 11.3. The lowest BCUT2D eigenvalue weighted by molar-refractivity contribution is 0.123. The van der Waals surface area contributed by atoms with Crippen LogP contribution in [0.25, 0.3) is 0 Å². The van der Waals surface area contributed by atoms with Crippen molar-refractivity contribution in [3.63, 3.8) is 0 Å². The van der Waals surface area contributed by atoms with E-state index in [0.29, 0.717) is 24.3 Å². The van der Waals surface area contributed by atoms with Crippen LogP contribution in [0.5, 0.6) is 0 Å². The SMILES string of the molecule is COC(=O)N1CCC=C2ONC(O)=C2C1. The molecular formula is C9H12N2O4. The van der Waals surface area contributed by atoms with Crippen LogP contribution in [-0.4, -0.2) is 36.3 Å². The number of hydroxylamine groups is 1. The molecule has 0 bridgehead atoms. The average molecular weight is 212 g/mol. The van der Waals surface area contributed by atoms with E-state index in [1.807, 2.05) is 6.08 Å². The summed E-state index contributed by atoms with van der Waals surface area (Å²) in [6.07, 6.45) is 2.09. The molecule has 0 aromatic rings. The first kappa shape index (κ1) is 9.70. The van der Waals surface area contributed by atoms with Gasteiger partial charge in [-0.2, -0.15) is 5.48 Å². The highest BCUT2D eigenvalue weighted by Crippen LogP contribution is 2.24. The number of nitrogens with one attached hydrogen (secondary N) is 1. The fourth-order valence-electron chi connectivity index (χ4n) is 1.57. The Labute approximate surface area is 86.7 Å². The van der Waals surface area contributed by atoms with Gasteiger partial charge in [0.1, 0.15) is 0 Å². The number of amides is 1. The Bertz CT molecular complexity index is 348. The second kappa shape index (κ2) is 3.72. The number of methoxy groups -OCH3 is 1. The third-order valence-electron chi connectivity index (χ3n) is 2.35. The normalized spacial score (nSPS) is 19.8. The van der Waals surface area contributed by atoms with Gasteiger partial charge in [0.15, 0.2) is 5.76 Å². The smallest absolute Gasteiger partial charge is 0.409 e. The Morgan fingerprint density at radius 2 is 2.53 bits per heavy atom. The summed E-state index contributed by atoms with van der Waals surface area (Å²) >= 11 is 0. The molecule has 2 N–H and O–H groups in total. The lowest BCUT2D eigenvalue weighted by Gasteiger charge is -2.18. The molecular weight excluding hydrogens is 200 g/mol. The van der Waals surface area contributed by atoms with Crippen LogP contribution >= 0.6 is 0 Å². The highest BCUT2D eigenvalue weighted by molar-refractivity contribution is 5.68. The van der Waals surface area contributed by atoms with Crippen LogP contribution in [0.4, 0.5) is 4.79 Å². The topological polar surface area (TPSA) is 71.0 Å². The van der Waals surface area contributed by atoms with Gasteiger partial charge in [0.25, 0.3) is 0 Å². The van der Waals surface area contributed by atoms with Gasteiger partial charge in [-0.05, 0) is 12.5 Å². The van der Waals surface area contributed by atoms with Crippen molar-refractivity contribution in [2.24, 2.45) is 0 Å². The lowest BCUT2D eigenvalue weighted by Crippen LogP contribution is -2.32. The lowest BCUT2D eigenvalue weighted by atomic mass is 10.2. The third-order valence-corrected chi connectivity index (χ3v) is 2.35. The quantitative estimate of drug-likeness (QED) is 0.616. The zero-order chi connectivity index (χ0) is 10.8. The van der Waals surface area contributed by atoms with E-state index in [0.717, 1.165) is 0 Å². The summed E-state index contributed by atoms with van der Waals surface area (Å²) in [5, 5.41) is 9.45. The molecule has 0 spiro atoms. The predicted octanol–water partition coefficient (Wildman–Crippen LogP) is 0.647. The number of rotatable bonds is 0. The van der Waals surface area contributed by atoms with Gasteiger partial charge in [-0.15, -0.1) is 0 Å². The summed E-state index contributed by atoms with van der Waals surface area (Å²) in [6.45, 7) is 0.841. The van der Waals surface area contributed by atoms with Crippen LogP contribution < -0.4 is 5.48 Å². The number of fused-ring (bicyclic) bond motifs is 1. The number of carbonyl (C=O) groups is 1. The molecule has 0 aliphatic carbocycles. The van der Waals surface area contributed by atoms with Crippen molar-refractivity contribution in [2.75, 3.05) is 20.2 Å². The van der Waals surface area contributed by atoms with Crippen molar-refractivity contribution in [3.05, 3.63) is 23.3 Å². The van der Waals surface area contributed by atoms with E-state index in [2.05, 4.69) is 10.2 Å². The van der Waals surface area contributed by atoms with Gasteiger partial charge >= 0.3 is 6.09 Å². The van der Waals surface area contributed by atoms with E-state index in [1.54, 1.807) is 0 Å². The Balaban J connectivity index is 2.19. The van der Waals surface area contributed by atoms with E-state index in [9.17, 15) is 9.90 Å². The number of hydrogen-bond acceptors (Lipinski definition) is 5. The van der Waals surface area contributed by atoms with Gasteiger partial charge in [-0.1, -0.05) is 0 Å². The number of aliphatic hydroxyl groups is 1. The fraction of sp³-hybridized carbons (Fsp3) is 0.444. The number of nitrogens with zero attached hydrogens (tertiary/aromatic N) is 1. The zero-order valence-corrected chi connectivity index (χ0v) is 8.32. The standard InChI is InChI=1S/C9H12N2O4/c1-14-9(13)11-4-2-3-7-6(5-11)8(12)10-15-7/h3,10,12H,2,4-5H2,1H3. The Hall–Kier alpha value is -1.85. The molecule has 2 aliphatic rings. The summed E-state index contributed by atoms with van der Waals surface area (Å²) in [5.74, 6) is 0.538. The number of carbonyl (C=O) groups excluding carboxylic acids is 1. The Kier molecular flexibility index (Phi) is 2.40. The van der Waals surface area contributed by atoms with Crippen molar-refractivity contribution in [3.8, 4) is 0 Å². The van der Waals surface area contributed by atoms with Crippen molar-refractivity contribution in [1.29, 1.82) is 0 Å². The molecule has 0 aromatic heterocycles. The zero-order valence-electron chi connectivity index (χ0n) is 8.32. The molecule has 2 aliphatic heterocycles. The fourth-order valence-corrected chi connectivity index (χ4v) is 1.57. The second-order valence-electron chi connectivity index (χ2n) is 3.28. The van der Waals surface area contributed by atoms with Gasteiger partial charge in [-0.25, -0.2) is 4.79 Å². The van der Waals surface area contributed by atoms with Crippen LogP contribution in [0.15, 0.2) is 23.3 Å². The minimum atomic E-state index is -0.406. The first-order chi connectivity index (χ1) is 7.22. The molecule has 6 heteroatoms. The highest BCUT2D eigenvalue weighted by Gasteiger charge is 2.28. The number of ether oxygens (including phenoxy) is 1. The van der Waals surface area contributed by atoms with Gasteiger partial charge < -0.3 is 19.6 Å². The first-order valence-corrected chi connectivity index (χ1v) is 4.60. The molecule has 15 heavy (non-hydrogen) atoms. The monoisotopic (exact) mass is 212 g/mol. The minimum Gasteiger partial charge on any atom is -0.493 e. The molecule has 0 saturated heterocycles. The van der Waals surface area contributed by atoms with Gasteiger partial charge in [0.05, 0.1) is 19.2 Å². The van der Waals surface area contributed by atoms with Crippen LogP contribution in [0.3, 0.4) is 0 Å². The maximum Gasteiger partial charge on any atom is 0.409 e. The molecule has 0 saturated carbocycles. The van der Waals surface area contributed by atoms with E-state index < -0.39 is 6.09 Å². The molecule has 82 valence electrons. The number of hydrogen-bond donors (Lipinski definition) is 2. The molecule has 6 nitrogen and oxygen atoms in total. The molecule has 0 radical (unpaired) electrons. The Morgan fingerprint density at radius 3 is 3.27 bits per heavy atom. The van der Waals surface area contributed by atoms with E-state index in [-0.39, 0.29) is 12.4 Å². The maximum absolute atomic E-state index is 11.3. The minimum absolute atomic E-state index is 0.0444. The van der Waals surface area contributed by atoms with Gasteiger partial charge in [-0.3, -0.25) is 0 Å². The molecule has 2 rings (SSSR count).